The summed E-state index contributed by atoms with van der Waals surface area (Å²) in [5, 5.41) is 1.10. The molecular formula is C15H19N3S. The van der Waals surface area contributed by atoms with Crippen LogP contribution in [0.1, 0.15) is 29.5 Å². The zero-order valence-corrected chi connectivity index (χ0v) is 12.0. The van der Waals surface area contributed by atoms with Gasteiger partial charge >= 0.3 is 0 Å². The molecule has 0 amide bonds. The molecule has 0 aliphatic carbocycles. The van der Waals surface area contributed by atoms with Gasteiger partial charge in [-0.05, 0) is 30.9 Å². The Kier molecular flexibility index (Phi) is 3.53. The minimum Gasteiger partial charge on any atom is -0.326 e. The van der Waals surface area contributed by atoms with Crippen molar-refractivity contribution < 1.29 is 0 Å². The second kappa shape index (κ2) is 5.31. The van der Waals surface area contributed by atoms with Crippen LogP contribution in [-0.4, -0.2) is 11.5 Å². The van der Waals surface area contributed by atoms with Crippen LogP contribution in [-0.2, 0) is 19.4 Å². The van der Waals surface area contributed by atoms with Gasteiger partial charge in [0.25, 0.3) is 0 Å². The summed E-state index contributed by atoms with van der Waals surface area (Å²) in [5.41, 5.74) is 9.71. The lowest BCUT2D eigenvalue weighted by atomic mass is 10.0. The van der Waals surface area contributed by atoms with E-state index in [9.17, 15) is 0 Å². The molecule has 0 spiro atoms. The lowest BCUT2D eigenvalue weighted by Gasteiger charge is -2.28. The molecule has 1 aromatic carbocycles. The first-order valence-electron chi connectivity index (χ1n) is 6.87. The number of anilines is 2. The molecule has 0 bridgehead atoms. The molecule has 19 heavy (non-hydrogen) atoms. The number of hydrogen-bond acceptors (Lipinski definition) is 4. The maximum absolute atomic E-state index is 5.82. The summed E-state index contributed by atoms with van der Waals surface area (Å²) in [6, 6.07) is 8.64. The van der Waals surface area contributed by atoms with Crippen LogP contribution in [0, 0.1) is 0 Å². The summed E-state index contributed by atoms with van der Waals surface area (Å²) < 4.78 is 0. The lowest BCUT2D eigenvalue weighted by molar-refractivity contribution is 0.763. The third-order valence-corrected chi connectivity index (χ3v) is 4.77. The Balaban J connectivity index is 2.01. The molecule has 1 aliphatic heterocycles. The quantitative estimate of drug-likeness (QED) is 0.933. The molecule has 0 unspecified atom stereocenters. The number of hydrogen-bond donors (Lipinski definition) is 1. The molecule has 0 radical (unpaired) electrons. The zero-order chi connectivity index (χ0) is 13.2. The number of para-hydroxylation sites is 1. The first-order valence-corrected chi connectivity index (χ1v) is 7.69. The van der Waals surface area contributed by atoms with E-state index in [0.29, 0.717) is 6.54 Å². The second-order valence-corrected chi connectivity index (χ2v) is 5.87. The molecule has 0 fully saturated rings. The van der Waals surface area contributed by atoms with E-state index >= 15 is 0 Å². The molecule has 0 saturated heterocycles. The first-order chi connectivity index (χ1) is 9.33. The summed E-state index contributed by atoms with van der Waals surface area (Å²) in [6.45, 7) is 3.79. The normalized spacial score (nSPS) is 14.5. The molecule has 0 saturated carbocycles. The fourth-order valence-electron chi connectivity index (χ4n) is 2.65. The van der Waals surface area contributed by atoms with Gasteiger partial charge in [0.15, 0.2) is 5.13 Å². The van der Waals surface area contributed by atoms with Gasteiger partial charge in [-0.25, -0.2) is 4.98 Å². The standard InChI is InChI=1S/C15H19N3S/c1-2-12-14(10-16)19-15(17-12)18-9-5-7-11-6-3-4-8-13(11)18/h3-4,6,8H,2,5,7,9-10,16H2,1H3. The fraction of sp³-hybridized carbons (Fsp3) is 0.400. The van der Waals surface area contributed by atoms with E-state index in [2.05, 4.69) is 36.1 Å². The predicted octanol–water partition coefficient (Wildman–Crippen LogP) is 3.25. The number of aryl methyl sites for hydroxylation is 2. The van der Waals surface area contributed by atoms with Crippen LogP contribution in [0.2, 0.25) is 0 Å². The van der Waals surface area contributed by atoms with Gasteiger partial charge in [-0.1, -0.05) is 36.5 Å². The van der Waals surface area contributed by atoms with E-state index in [0.717, 1.165) is 23.8 Å². The van der Waals surface area contributed by atoms with Crippen molar-refractivity contribution >= 4 is 22.2 Å². The van der Waals surface area contributed by atoms with E-state index in [1.165, 1.54) is 29.0 Å². The van der Waals surface area contributed by atoms with Crippen LogP contribution in [0.5, 0.6) is 0 Å². The Labute approximate surface area is 118 Å². The fourth-order valence-corrected chi connectivity index (χ4v) is 3.72. The molecule has 4 heteroatoms. The number of fused-ring (bicyclic) bond motifs is 1. The van der Waals surface area contributed by atoms with Crippen molar-refractivity contribution in [3.63, 3.8) is 0 Å². The van der Waals surface area contributed by atoms with E-state index in [1.54, 1.807) is 11.3 Å². The number of rotatable bonds is 3. The van der Waals surface area contributed by atoms with Crippen LogP contribution >= 0.6 is 11.3 Å². The van der Waals surface area contributed by atoms with E-state index in [4.69, 9.17) is 10.7 Å². The topological polar surface area (TPSA) is 42.2 Å². The Hall–Kier alpha value is -1.39. The number of thiazole rings is 1. The summed E-state index contributed by atoms with van der Waals surface area (Å²) in [7, 11) is 0. The summed E-state index contributed by atoms with van der Waals surface area (Å²) >= 11 is 1.74. The molecule has 100 valence electrons. The Morgan fingerprint density at radius 3 is 2.95 bits per heavy atom. The van der Waals surface area contributed by atoms with Crippen LogP contribution in [0.15, 0.2) is 24.3 Å². The molecule has 2 heterocycles. The highest BCUT2D eigenvalue weighted by molar-refractivity contribution is 7.15. The molecule has 3 nitrogen and oxygen atoms in total. The maximum atomic E-state index is 5.82. The highest BCUT2D eigenvalue weighted by Crippen LogP contribution is 2.36. The number of benzene rings is 1. The first kappa shape index (κ1) is 12.6. The largest absolute Gasteiger partial charge is 0.326 e. The SMILES string of the molecule is CCc1nc(N2CCCc3ccccc32)sc1CN. The Morgan fingerprint density at radius 1 is 1.37 bits per heavy atom. The van der Waals surface area contributed by atoms with Crippen LogP contribution in [0.25, 0.3) is 0 Å². The van der Waals surface area contributed by atoms with Gasteiger partial charge < -0.3 is 10.6 Å². The highest BCUT2D eigenvalue weighted by atomic mass is 32.1. The van der Waals surface area contributed by atoms with Crippen LogP contribution in [0.3, 0.4) is 0 Å². The van der Waals surface area contributed by atoms with Crippen LogP contribution in [0.4, 0.5) is 10.8 Å². The molecule has 0 atom stereocenters. The molecule has 2 aromatic rings. The van der Waals surface area contributed by atoms with Gasteiger partial charge in [0.2, 0.25) is 0 Å². The third kappa shape index (κ3) is 2.26. The highest BCUT2D eigenvalue weighted by Gasteiger charge is 2.21. The molecular weight excluding hydrogens is 254 g/mol. The van der Waals surface area contributed by atoms with Gasteiger partial charge in [-0.3, -0.25) is 0 Å². The van der Waals surface area contributed by atoms with Gasteiger partial charge in [0.1, 0.15) is 0 Å². The monoisotopic (exact) mass is 273 g/mol. The molecule has 1 aliphatic rings. The minimum atomic E-state index is 0.594. The smallest absolute Gasteiger partial charge is 0.190 e. The number of aromatic nitrogens is 1. The van der Waals surface area contributed by atoms with Gasteiger partial charge in [0.05, 0.1) is 5.69 Å². The van der Waals surface area contributed by atoms with Gasteiger partial charge in [-0.15, -0.1) is 0 Å². The minimum absolute atomic E-state index is 0.594. The molecule has 1 aromatic heterocycles. The van der Waals surface area contributed by atoms with Crippen molar-refractivity contribution in [3.05, 3.63) is 40.4 Å². The average Bonchev–Trinajstić information content (AvgIpc) is 2.89. The predicted molar refractivity (Wildman–Crippen MR) is 81.2 cm³/mol. The Bertz CT molecular complexity index is 555. The van der Waals surface area contributed by atoms with E-state index < -0.39 is 0 Å². The molecule has 2 N–H and O–H groups in total. The average molecular weight is 273 g/mol. The number of nitrogens with two attached hydrogens (primary N) is 1. The van der Waals surface area contributed by atoms with Crippen LogP contribution < -0.4 is 10.6 Å². The molecule has 3 rings (SSSR count). The van der Waals surface area contributed by atoms with Crippen molar-refractivity contribution in [2.24, 2.45) is 5.73 Å². The van der Waals surface area contributed by atoms with Crippen molar-refractivity contribution in [1.29, 1.82) is 0 Å². The van der Waals surface area contributed by atoms with Crippen molar-refractivity contribution in [1.82, 2.24) is 4.98 Å². The van der Waals surface area contributed by atoms with Crippen molar-refractivity contribution in [2.75, 3.05) is 11.4 Å². The Morgan fingerprint density at radius 2 is 2.21 bits per heavy atom. The summed E-state index contributed by atoms with van der Waals surface area (Å²) in [6.07, 6.45) is 3.32. The number of nitrogens with zero attached hydrogens (tertiary/aromatic N) is 2. The summed E-state index contributed by atoms with van der Waals surface area (Å²) in [4.78, 5) is 8.36. The van der Waals surface area contributed by atoms with Crippen molar-refractivity contribution in [3.8, 4) is 0 Å². The summed E-state index contributed by atoms with van der Waals surface area (Å²) in [5.74, 6) is 0. The van der Waals surface area contributed by atoms with Gasteiger partial charge in [-0.2, -0.15) is 0 Å². The maximum Gasteiger partial charge on any atom is 0.190 e. The lowest BCUT2D eigenvalue weighted by Crippen LogP contribution is -2.24. The zero-order valence-electron chi connectivity index (χ0n) is 11.2. The third-order valence-electron chi connectivity index (χ3n) is 3.63. The van der Waals surface area contributed by atoms with E-state index in [-0.39, 0.29) is 0 Å². The van der Waals surface area contributed by atoms with E-state index in [1.807, 2.05) is 0 Å². The van der Waals surface area contributed by atoms with Crippen molar-refractivity contribution in [2.45, 2.75) is 32.7 Å². The van der Waals surface area contributed by atoms with Gasteiger partial charge in [0, 0.05) is 23.7 Å². The second-order valence-electron chi connectivity index (χ2n) is 4.81.